The fourth-order valence-corrected chi connectivity index (χ4v) is 2.90. The number of phenolic OH excluding ortho intramolecular Hbond substituents is 1. The maximum Gasteiger partial charge on any atom is 0.408 e. The first-order chi connectivity index (χ1) is 15.5. The molecule has 3 aromatic rings. The molecule has 8 nitrogen and oxygen atoms in total. The Morgan fingerprint density at radius 1 is 0.781 bits per heavy atom. The molecule has 0 aliphatic heterocycles. The minimum absolute atomic E-state index is 0.00244. The first kappa shape index (κ1) is 22.4. The number of aromatic hydroxyl groups is 1. The second kappa shape index (κ2) is 11.2. The van der Waals surface area contributed by atoms with Crippen molar-refractivity contribution in [2.75, 3.05) is 0 Å². The Bertz CT molecular complexity index is 1060. The molecule has 0 heterocycles. The molecule has 0 bridgehead atoms. The van der Waals surface area contributed by atoms with Crippen LogP contribution in [0.1, 0.15) is 21.5 Å². The highest BCUT2D eigenvalue weighted by atomic mass is 16.5. The Balaban J connectivity index is 1.62. The van der Waals surface area contributed by atoms with E-state index in [0.29, 0.717) is 0 Å². The van der Waals surface area contributed by atoms with Crippen molar-refractivity contribution in [3.05, 3.63) is 102 Å². The van der Waals surface area contributed by atoms with Crippen LogP contribution in [0.5, 0.6) is 5.75 Å². The fraction of sp³-hybridized carbons (Fsp3) is 0.125. The van der Waals surface area contributed by atoms with E-state index < -0.39 is 23.9 Å². The first-order valence-electron chi connectivity index (χ1n) is 9.92. The van der Waals surface area contributed by atoms with E-state index in [1.807, 2.05) is 60.7 Å². The van der Waals surface area contributed by atoms with Crippen LogP contribution in [0, 0.1) is 0 Å². The number of alkyl carbamates (subject to hydrolysis) is 1. The van der Waals surface area contributed by atoms with Gasteiger partial charge in [-0.2, -0.15) is 0 Å². The van der Waals surface area contributed by atoms with Gasteiger partial charge in [0.05, 0.1) is 5.56 Å². The topological polar surface area (TPSA) is 117 Å². The van der Waals surface area contributed by atoms with Gasteiger partial charge in [0.25, 0.3) is 11.8 Å². The Kier molecular flexibility index (Phi) is 7.80. The zero-order valence-corrected chi connectivity index (χ0v) is 17.2. The van der Waals surface area contributed by atoms with Crippen LogP contribution in [0.15, 0.2) is 84.9 Å². The Labute approximate surface area is 185 Å². The predicted octanol–water partition coefficient (Wildman–Crippen LogP) is 2.69. The molecule has 164 valence electrons. The molecular weight excluding hydrogens is 410 g/mol. The molecule has 3 rings (SSSR count). The summed E-state index contributed by atoms with van der Waals surface area (Å²) in [5.74, 6) is -1.56. The third-order valence-electron chi connectivity index (χ3n) is 4.55. The van der Waals surface area contributed by atoms with Crippen molar-refractivity contribution in [2.24, 2.45) is 0 Å². The molecule has 0 saturated heterocycles. The van der Waals surface area contributed by atoms with Crippen molar-refractivity contribution < 1.29 is 24.2 Å². The van der Waals surface area contributed by atoms with Crippen LogP contribution in [0.4, 0.5) is 4.79 Å². The summed E-state index contributed by atoms with van der Waals surface area (Å²) in [6.07, 6.45) is -0.587. The van der Waals surface area contributed by atoms with Gasteiger partial charge in [-0.1, -0.05) is 72.8 Å². The molecule has 1 unspecified atom stereocenters. The second-order valence-corrected chi connectivity index (χ2v) is 6.91. The fourth-order valence-electron chi connectivity index (χ4n) is 2.90. The number of hydrogen-bond acceptors (Lipinski definition) is 5. The SMILES string of the molecule is O=C(NC(Cc1ccccc1)C(=O)NNC(=O)c1ccccc1O)OCc1ccccc1. The number of hydrazine groups is 1. The molecule has 0 spiro atoms. The normalized spacial score (nSPS) is 11.1. The van der Waals surface area contributed by atoms with Crippen LogP contribution in [-0.2, 0) is 22.6 Å². The van der Waals surface area contributed by atoms with Crippen LogP contribution >= 0.6 is 0 Å². The van der Waals surface area contributed by atoms with E-state index in [0.717, 1.165) is 11.1 Å². The second-order valence-electron chi connectivity index (χ2n) is 6.91. The summed E-state index contributed by atoms with van der Waals surface area (Å²) in [5.41, 5.74) is 6.15. The first-order valence-corrected chi connectivity index (χ1v) is 9.92. The summed E-state index contributed by atoms with van der Waals surface area (Å²) in [4.78, 5) is 37.2. The monoisotopic (exact) mass is 433 g/mol. The van der Waals surface area contributed by atoms with Crippen molar-refractivity contribution in [1.82, 2.24) is 16.2 Å². The lowest BCUT2D eigenvalue weighted by molar-refractivity contribution is -0.123. The van der Waals surface area contributed by atoms with Crippen molar-refractivity contribution in [2.45, 2.75) is 19.1 Å². The minimum Gasteiger partial charge on any atom is -0.507 e. The van der Waals surface area contributed by atoms with E-state index in [1.54, 1.807) is 12.1 Å². The number of nitrogens with one attached hydrogen (secondary N) is 3. The Morgan fingerprint density at radius 3 is 2.03 bits per heavy atom. The average Bonchev–Trinajstić information content (AvgIpc) is 2.82. The van der Waals surface area contributed by atoms with Gasteiger partial charge >= 0.3 is 6.09 Å². The number of rotatable bonds is 7. The van der Waals surface area contributed by atoms with Crippen molar-refractivity contribution in [3.63, 3.8) is 0 Å². The van der Waals surface area contributed by atoms with Gasteiger partial charge in [0.15, 0.2) is 0 Å². The molecule has 3 amide bonds. The lowest BCUT2D eigenvalue weighted by atomic mass is 10.1. The van der Waals surface area contributed by atoms with E-state index in [2.05, 4.69) is 16.2 Å². The summed E-state index contributed by atoms with van der Waals surface area (Å²) >= 11 is 0. The van der Waals surface area contributed by atoms with Crippen LogP contribution < -0.4 is 16.2 Å². The number of ether oxygens (including phenoxy) is 1. The van der Waals surface area contributed by atoms with Crippen LogP contribution in [-0.4, -0.2) is 29.1 Å². The maximum atomic E-state index is 12.7. The molecule has 4 N–H and O–H groups in total. The van der Waals surface area contributed by atoms with Gasteiger partial charge in [0.1, 0.15) is 18.4 Å². The molecule has 0 saturated carbocycles. The van der Waals surface area contributed by atoms with Gasteiger partial charge < -0.3 is 15.2 Å². The summed E-state index contributed by atoms with van der Waals surface area (Å²) in [6.45, 7) is 0.0520. The number of hydrogen-bond donors (Lipinski definition) is 4. The molecule has 3 aromatic carbocycles. The van der Waals surface area contributed by atoms with Crippen LogP contribution in [0.3, 0.4) is 0 Å². The predicted molar refractivity (Wildman–Crippen MR) is 117 cm³/mol. The largest absolute Gasteiger partial charge is 0.507 e. The number of benzene rings is 3. The number of phenols is 1. The quantitative estimate of drug-likeness (QED) is 0.428. The molecule has 0 aliphatic carbocycles. The van der Waals surface area contributed by atoms with Gasteiger partial charge in [-0.3, -0.25) is 20.4 Å². The molecule has 0 radical (unpaired) electrons. The minimum atomic E-state index is -1.01. The lowest BCUT2D eigenvalue weighted by Gasteiger charge is -2.19. The van der Waals surface area contributed by atoms with Gasteiger partial charge in [-0.15, -0.1) is 0 Å². The van der Waals surface area contributed by atoms with E-state index in [1.165, 1.54) is 12.1 Å². The van der Waals surface area contributed by atoms with E-state index in [9.17, 15) is 19.5 Å². The lowest BCUT2D eigenvalue weighted by Crippen LogP contribution is -2.53. The van der Waals surface area contributed by atoms with Gasteiger partial charge in [-0.05, 0) is 23.3 Å². The molecule has 0 aromatic heterocycles. The average molecular weight is 433 g/mol. The Morgan fingerprint density at radius 2 is 1.38 bits per heavy atom. The van der Waals surface area contributed by atoms with Crippen molar-refractivity contribution in [3.8, 4) is 5.75 Å². The molecule has 0 fully saturated rings. The Hall–Kier alpha value is -4.33. The molecule has 32 heavy (non-hydrogen) atoms. The van der Waals surface area contributed by atoms with Gasteiger partial charge in [-0.25, -0.2) is 4.79 Å². The molecule has 1 atom stereocenters. The van der Waals surface area contributed by atoms with Gasteiger partial charge in [0, 0.05) is 6.42 Å². The number of carbonyl (C=O) groups excluding carboxylic acids is 3. The van der Waals surface area contributed by atoms with E-state index >= 15 is 0 Å². The van der Waals surface area contributed by atoms with Gasteiger partial charge in [0.2, 0.25) is 0 Å². The number of amides is 3. The van der Waals surface area contributed by atoms with Crippen LogP contribution in [0.2, 0.25) is 0 Å². The summed E-state index contributed by atoms with van der Waals surface area (Å²) in [6, 6.07) is 23.2. The maximum absolute atomic E-state index is 12.7. The third-order valence-corrected chi connectivity index (χ3v) is 4.55. The zero-order chi connectivity index (χ0) is 22.8. The highest BCUT2D eigenvalue weighted by Gasteiger charge is 2.23. The smallest absolute Gasteiger partial charge is 0.408 e. The van der Waals surface area contributed by atoms with E-state index in [4.69, 9.17) is 4.74 Å². The van der Waals surface area contributed by atoms with Crippen molar-refractivity contribution in [1.29, 1.82) is 0 Å². The van der Waals surface area contributed by atoms with E-state index in [-0.39, 0.29) is 24.3 Å². The number of carbonyl (C=O) groups is 3. The number of para-hydroxylation sites is 1. The third kappa shape index (κ3) is 6.60. The standard InChI is InChI=1S/C24H23N3O5/c28-21-14-8-7-13-19(21)22(29)26-27-23(30)20(15-17-9-3-1-4-10-17)25-24(31)32-16-18-11-5-2-6-12-18/h1-14,20,28H,15-16H2,(H,25,31)(H,26,29)(H,27,30). The summed E-state index contributed by atoms with van der Waals surface area (Å²) in [5, 5.41) is 12.3. The van der Waals surface area contributed by atoms with Crippen LogP contribution in [0.25, 0.3) is 0 Å². The molecule has 8 heteroatoms. The molecule has 0 aliphatic rings. The highest BCUT2D eigenvalue weighted by molar-refractivity contribution is 5.98. The highest BCUT2D eigenvalue weighted by Crippen LogP contribution is 2.14. The van der Waals surface area contributed by atoms with Crippen molar-refractivity contribution >= 4 is 17.9 Å². The summed E-state index contributed by atoms with van der Waals surface area (Å²) in [7, 11) is 0. The molecular formula is C24H23N3O5. The zero-order valence-electron chi connectivity index (χ0n) is 17.2. The summed E-state index contributed by atoms with van der Waals surface area (Å²) < 4.78 is 5.21.